The first-order chi connectivity index (χ1) is 10.1. The Morgan fingerprint density at radius 2 is 1.95 bits per heavy atom. The number of hydrogen-bond donors (Lipinski definition) is 0. The van der Waals surface area contributed by atoms with Crippen molar-refractivity contribution >= 4 is 5.69 Å². The van der Waals surface area contributed by atoms with Crippen LogP contribution in [0.5, 0.6) is 11.5 Å². The van der Waals surface area contributed by atoms with Gasteiger partial charge >= 0.3 is 0 Å². The highest BCUT2D eigenvalue weighted by atomic mass is 19.1. The van der Waals surface area contributed by atoms with Crippen molar-refractivity contribution in [2.45, 2.75) is 0 Å². The van der Waals surface area contributed by atoms with E-state index in [2.05, 4.69) is 0 Å². The molecule has 21 heavy (non-hydrogen) atoms. The van der Waals surface area contributed by atoms with E-state index in [0.717, 1.165) is 12.1 Å². The summed E-state index contributed by atoms with van der Waals surface area (Å²) in [7, 11) is 0. The number of nitro groups is 1. The van der Waals surface area contributed by atoms with Gasteiger partial charge in [0.1, 0.15) is 40.6 Å². The number of ether oxygens (including phenoxy) is 1. The van der Waals surface area contributed by atoms with Crippen LogP contribution in [0.15, 0.2) is 36.4 Å². The lowest BCUT2D eigenvalue weighted by Crippen LogP contribution is -1.95. The van der Waals surface area contributed by atoms with Gasteiger partial charge in [-0.05, 0) is 24.3 Å². The van der Waals surface area contributed by atoms with Crippen LogP contribution in [0.2, 0.25) is 0 Å². The number of nitrogens with zero attached hydrogens (tertiary/aromatic N) is 3. The first kappa shape index (κ1) is 14.0. The van der Waals surface area contributed by atoms with E-state index in [4.69, 9.17) is 15.3 Å². The van der Waals surface area contributed by atoms with Crippen LogP contribution in [-0.4, -0.2) is 4.92 Å². The average molecular weight is 283 g/mol. The van der Waals surface area contributed by atoms with Crippen LogP contribution in [0.25, 0.3) is 0 Å². The van der Waals surface area contributed by atoms with E-state index < -0.39 is 16.4 Å². The summed E-state index contributed by atoms with van der Waals surface area (Å²) in [6, 6.07) is 10.8. The van der Waals surface area contributed by atoms with Gasteiger partial charge < -0.3 is 4.74 Å². The molecule has 0 bridgehead atoms. The second kappa shape index (κ2) is 5.68. The van der Waals surface area contributed by atoms with E-state index in [1.165, 1.54) is 24.3 Å². The number of nitro benzene ring substituents is 1. The zero-order valence-electron chi connectivity index (χ0n) is 10.4. The van der Waals surface area contributed by atoms with Gasteiger partial charge in [0.2, 0.25) is 0 Å². The predicted molar refractivity (Wildman–Crippen MR) is 69.0 cm³/mol. The van der Waals surface area contributed by atoms with Gasteiger partial charge in [-0.2, -0.15) is 10.5 Å². The van der Waals surface area contributed by atoms with Crippen molar-refractivity contribution in [3.05, 3.63) is 63.5 Å². The molecular formula is C14H6FN3O3. The van der Waals surface area contributed by atoms with Gasteiger partial charge in [-0.1, -0.05) is 6.07 Å². The lowest BCUT2D eigenvalue weighted by Gasteiger charge is -2.07. The Labute approximate surface area is 118 Å². The Balaban J connectivity index is 2.45. The van der Waals surface area contributed by atoms with E-state index in [1.807, 2.05) is 0 Å². The largest absolute Gasteiger partial charge is 0.456 e. The summed E-state index contributed by atoms with van der Waals surface area (Å²) in [5.41, 5.74) is -0.846. The third kappa shape index (κ3) is 2.77. The predicted octanol–water partition coefficient (Wildman–Crippen LogP) is 3.27. The fourth-order valence-electron chi connectivity index (χ4n) is 1.65. The summed E-state index contributed by atoms with van der Waals surface area (Å²) < 4.78 is 18.7. The van der Waals surface area contributed by atoms with E-state index in [0.29, 0.717) is 0 Å². The molecule has 0 saturated carbocycles. The minimum Gasteiger partial charge on any atom is -0.456 e. The highest BCUT2D eigenvalue weighted by molar-refractivity contribution is 5.54. The molecule has 0 atom stereocenters. The van der Waals surface area contributed by atoms with Crippen molar-refractivity contribution in [1.82, 2.24) is 0 Å². The van der Waals surface area contributed by atoms with Crippen molar-refractivity contribution < 1.29 is 14.1 Å². The summed E-state index contributed by atoms with van der Waals surface area (Å²) in [6.45, 7) is 0. The maximum absolute atomic E-state index is 13.4. The van der Waals surface area contributed by atoms with Gasteiger partial charge in [0.15, 0.2) is 0 Å². The summed E-state index contributed by atoms with van der Waals surface area (Å²) in [6.07, 6.45) is 0. The second-order valence-corrected chi connectivity index (χ2v) is 3.87. The molecule has 2 aromatic carbocycles. The highest BCUT2D eigenvalue weighted by Crippen LogP contribution is 2.30. The van der Waals surface area contributed by atoms with Crippen LogP contribution < -0.4 is 4.74 Å². The van der Waals surface area contributed by atoms with Crippen molar-refractivity contribution in [3.8, 4) is 23.6 Å². The standard InChI is InChI=1S/C14H6FN3O3/c15-12-2-1-3-14(11(12)8-17)21-10-5-4-9(7-16)13(6-10)18(19)20/h1-6H. The highest BCUT2D eigenvalue weighted by Gasteiger charge is 2.16. The maximum Gasteiger partial charge on any atom is 0.290 e. The Bertz CT molecular complexity index is 806. The molecule has 2 aromatic rings. The lowest BCUT2D eigenvalue weighted by atomic mass is 10.2. The lowest BCUT2D eigenvalue weighted by molar-refractivity contribution is -0.385. The second-order valence-electron chi connectivity index (χ2n) is 3.87. The molecule has 0 aliphatic carbocycles. The van der Waals surface area contributed by atoms with Gasteiger partial charge in [0.25, 0.3) is 5.69 Å². The van der Waals surface area contributed by atoms with Gasteiger partial charge in [0.05, 0.1) is 11.0 Å². The molecular weight excluding hydrogens is 277 g/mol. The molecule has 0 aromatic heterocycles. The molecule has 102 valence electrons. The first-order valence-corrected chi connectivity index (χ1v) is 5.62. The zero-order chi connectivity index (χ0) is 15.4. The van der Waals surface area contributed by atoms with Crippen LogP contribution in [0, 0.1) is 38.6 Å². The molecule has 0 spiro atoms. The van der Waals surface area contributed by atoms with Crippen LogP contribution in [0.4, 0.5) is 10.1 Å². The quantitative estimate of drug-likeness (QED) is 0.635. The summed E-state index contributed by atoms with van der Waals surface area (Å²) in [5.74, 6) is -0.780. The van der Waals surface area contributed by atoms with Crippen molar-refractivity contribution in [2.75, 3.05) is 0 Å². The molecule has 0 saturated heterocycles. The van der Waals surface area contributed by atoms with Crippen LogP contribution >= 0.6 is 0 Å². The van der Waals surface area contributed by atoms with E-state index >= 15 is 0 Å². The fourth-order valence-corrected chi connectivity index (χ4v) is 1.65. The minimum atomic E-state index is -0.752. The first-order valence-electron chi connectivity index (χ1n) is 5.62. The molecule has 0 radical (unpaired) electrons. The topological polar surface area (TPSA) is 99.9 Å². The molecule has 7 heteroatoms. The molecule has 0 N–H and O–H groups in total. The smallest absolute Gasteiger partial charge is 0.290 e. The fraction of sp³-hybridized carbons (Fsp3) is 0. The Hall–Kier alpha value is -3.45. The minimum absolute atomic E-state index is 0.0304. The molecule has 0 aliphatic heterocycles. The van der Waals surface area contributed by atoms with Crippen LogP contribution in [0.1, 0.15) is 11.1 Å². The molecule has 0 aliphatic rings. The van der Waals surface area contributed by atoms with Crippen molar-refractivity contribution in [1.29, 1.82) is 10.5 Å². The monoisotopic (exact) mass is 283 g/mol. The normalized spacial score (nSPS) is 9.48. The van der Waals surface area contributed by atoms with Crippen molar-refractivity contribution in [2.24, 2.45) is 0 Å². The third-order valence-electron chi connectivity index (χ3n) is 2.60. The molecule has 0 unspecified atom stereocenters. The van der Waals surface area contributed by atoms with E-state index in [1.54, 1.807) is 12.1 Å². The van der Waals surface area contributed by atoms with Gasteiger partial charge in [-0.25, -0.2) is 4.39 Å². The average Bonchev–Trinajstić information content (AvgIpc) is 2.47. The van der Waals surface area contributed by atoms with E-state index in [-0.39, 0.29) is 22.6 Å². The number of hydrogen-bond acceptors (Lipinski definition) is 5. The van der Waals surface area contributed by atoms with Gasteiger partial charge in [0, 0.05) is 0 Å². The SMILES string of the molecule is N#Cc1ccc(Oc2cccc(F)c2C#N)cc1[N+](=O)[O-]. The summed E-state index contributed by atoms with van der Waals surface area (Å²) >= 11 is 0. The Kier molecular flexibility index (Phi) is 3.78. The molecule has 0 fully saturated rings. The molecule has 2 rings (SSSR count). The Morgan fingerprint density at radius 3 is 2.57 bits per heavy atom. The van der Waals surface area contributed by atoms with E-state index in [9.17, 15) is 14.5 Å². The van der Waals surface area contributed by atoms with Crippen LogP contribution in [-0.2, 0) is 0 Å². The zero-order valence-corrected chi connectivity index (χ0v) is 10.4. The number of rotatable bonds is 3. The summed E-state index contributed by atoms with van der Waals surface area (Å²) in [4.78, 5) is 10.1. The van der Waals surface area contributed by atoms with Gasteiger partial charge in [-0.3, -0.25) is 10.1 Å². The third-order valence-corrected chi connectivity index (χ3v) is 2.60. The van der Waals surface area contributed by atoms with Gasteiger partial charge in [-0.15, -0.1) is 0 Å². The number of halogens is 1. The van der Waals surface area contributed by atoms with Crippen molar-refractivity contribution in [3.63, 3.8) is 0 Å². The van der Waals surface area contributed by atoms with Crippen LogP contribution in [0.3, 0.4) is 0 Å². The maximum atomic E-state index is 13.4. The molecule has 0 heterocycles. The summed E-state index contributed by atoms with van der Waals surface area (Å²) in [5, 5.41) is 28.5. The molecule has 0 amide bonds. The number of nitriles is 2. The molecule has 6 nitrogen and oxygen atoms in total. The number of benzene rings is 2. The Morgan fingerprint density at radius 1 is 1.19 bits per heavy atom.